The van der Waals surface area contributed by atoms with Crippen molar-refractivity contribution in [3.8, 4) is 5.75 Å². The van der Waals surface area contributed by atoms with Gasteiger partial charge >= 0.3 is 0 Å². The van der Waals surface area contributed by atoms with Crippen LogP contribution in [0.4, 0.5) is 11.5 Å². The van der Waals surface area contributed by atoms with E-state index in [1.165, 1.54) is 6.33 Å². The van der Waals surface area contributed by atoms with Crippen molar-refractivity contribution >= 4 is 23.1 Å². The van der Waals surface area contributed by atoms with Crippen LogP contribution in [0.25, 0.3) is 0 Å². The van der Waals surface area contributed by atoms with Crippen LogP contribution < -0.4 is 15.4 Å². The summed E-state index contributed by atoms with van der Waals surface area (Å²) in [4.78, 5) is 8.22. The first-order chi connectivity index (χ1) is 11.7. The third kappa shape index (κ3) is 3.88. The Hall–Kier alpha value is -2.05. The van der Waals surface area contributed by atoms with Crippen molar-refractivity contribution in [3.63, 3.8) is 0 Å². The molecule has 24 heavy (non-hydrogen) atoms. The van der Waals surface area contributed by atoms with Gasteiger partial charge < -0.3 is 20.1 Å². The van der Waals surface area contributed by atoms with E-state index in [4.69, 9.17) is 21.1 Å². The molecule has 0 aliphatic carbocycles. The predicted molar refractivity (Wildman–Crippen MR) is 94.9 cm³/mol. The van der Waals surface area contributed by atoms with Gasteiger partial charge in [-0.25, -0.2) is 9.97 Å². The molecule has 0 amide bonds. The number of nitrogens with one attached hydrogen (secondary N) is 2. The second-order valence-electron chi connectivity index (χ2n) is 5.71. The Kier molecular flexibility index (Phi) is 5.37. The zero-order valence-corrected chi connectivity index (χ0v) is 14.6. The van der Waals surface area contributed by atoms with Gasteiger partial charge in [0.2, 0.25) is 0 Å². The second-order valence-corrected chi connectivity index (χ2v) is 6.06. The summed E-state index contributed by atoms with van der Waals surface area (Å²) in [6.45, 7) is 4.03. The lowest BCUT2D eigenvalue weighted by Gasteiger charge is -2.17. The molecule has 2 heterocycles. The second kappa shape index (κ2) is 7.68. The maximum absolute atomic E-state index is 6.12. The number of rotatable bonds is 6. The first kappa shape index (κ1) is 16.8. The maximum atomic E-state index is 6.12. The van der Waals surface area contributed by atoms with Gasteiger partial charge in [0.1, 0.15) is 23.9 Å². The zero-order valence-electron chi connectivity index (χ0n) is 13.8. The van der Waals surface area contributed by atoms with Crippen LogP contribution in [0, 0.1) is 6.92 Å². The molecule has 3 rings (SSSR count). The van der Waals surface area contributed by atoms with Crippen LogP contribution >= 0.6 is 11.6 Å². The average Bonchev–Trinajstić information content (AvgIpc) is 3.07. The molecule has 1 atom stereocenters. The summed E-state index contributed by atoms with van der Waals surface area (Å²) in [5.41, 5.74) is 2.90. The van der Waals surface area contributed by atoms with Crippen LogP contribution in [0.5, 0.6) is 5.75 Å². The Morgan fingerprint density at radius 1 is 1.38 bits per heavy atom. The molecule has 1 unspecified atom stereocenters. The fourth-order valence-corrected chi connectivity index (χ4v) is 2.83. The highest BCUT2D eigenvalue weighted by atomic mass is 35.5. The fourth-order valence-electron chi connectivity index (χ4n) is 2.60. The van der Waals surface area contributed by atoms with Crippen LogP contribution in [0.15, 0.2) is 24.5 Å². The number of nitrogens with zero attached hydrogens (tertiary/aromatic N) is 2. The van der Waals surface area contributed by atoms with Crippen molar-refractivity contribution in [1.82, 2.24) is 9.97 Å². The summed E-state index contributed by atoms with van der Waals surface area (Å²) in [5, 5.41) is 6.70. The first-order valence-corrected chi connectivity index (χ1v) is 8.31. The summed E-state index contributed by atoms with van der Waals surface area (Å²) < 4.78 is 11.5. The van der Waals surface area contributed by atoms with Crippen molar-refractivity contribution in [3.05, 3.63) is 40.8 Å². The SMILES string of the molecule is CNc1c(Cl)ncnc1NCc1ccc(C)cc1OC1CCOC1. The molecule has 2 aromatic rings. The molecule has 128 valence electrons. The van der Waals surface area contributed by atoms with Gasteiger partial charge in [-0.3, -0.25) is 0 Å². The lowest BCUT2D eigenvalue weighted by Crippen LogP contribution is -2.17. The quantitative estimate of drug-likeness (QED) is 0.781. The topological polar surface area (TPSA) is 68.3 Å². The molecule has 0 spiro atoms. The molecule has 1 saturated heterocycles. The van der Waals surface area contributed by atoms with E-state index in [0.29, 0.717) is 29.8 Å². The number of aromatic nitrogens is 2. The van der Waals surface area contributed by atoms with Gasteiger partial charge in [0.05, 0.1) is 13.2 Å². The van der Waals surface area contributed by atoms with E-state index in [1.807, 2.05) is 0 Å². The van der Waals surface area contributed by atoms with Crippen LogP contribution in [0.3, 0.4) is 0 Å². The molecule has 1 aliphatic rings. The maximum Gasteiger partial charge on any atom is 0.157 e. The standard InChI is InChI=1S/C17H21ClN4O2/c1-11-3-4-12(14(7-11)24-13-5-6-23-9-13)8-20-17-15(19-2)16(18)21-10-22-17/h3-4,7,10,13,19H,5-6,8-9H2,1-2H3,(H,20,21,22). The lowest BCUT2D eigenvalue weighted by molar-refractivity contribution is 0.140. The average molecular weight is 349 g/mol. The van der Waals surface area contributed by atoms with Gasteiger partial charge in [-0.2, -0.15) is 0 Å². The van der Waals surface area contributed by atoms with Crippen molar-refractivity contribution in [2.24, 2.45) is 0 Å². The summed E-state index contributed by atoms with van der Waals surface area (Å²) in [6, 6.07) is 6.19. The van der Waals surface area contributed by atoms with Crippen LogP contribution in [-0.2, 0) is 11.3 Å². The van der Waals surface area contributed by atoms with E-state index >= 15 is 0 Å². The third-order valence-corrected chi connectivity index (χ3v) is 4.19. The summed E-state index contributed by atoms with van der Waals surface area (Å²) >= 11 is 6.08. The van der Waals surface area contributed by atoms with Crippen LogP contribution in [-0.4, -0.2) is 36.3 Å². The highest BCUT2D eigenvalue weighted by Gasteiger charge is 2.19. The summed E-state index contributed by atoms with van der Waals surface area (Å²) in [6.07, 6.45) is 2.48. The minimum absolute atomic E-state index is 0.118. The normalized spacial score (nSPS) is 16.9. The largest absolute Gasteiger partial charge is 0.488 e. The summed E-state index contributed by atoms with van der Waals surface area (Å²) in [5.74, 6) is 1.54. The number of hydrogen-bond acceptors (Lipinski definition) is 6. The van der Waals surface area contributed by atoms with E-state index < -0.39 is 0 Å². The molecule has 0 saturated carbocycles. The number of hydrogen-bond donors (Lipinski definition) is 2. The number of anilines is 2. The van der Waals surface area contributed by atoms with Gasteiger partial charge in [0.15, 0.2) is 11.0 Å². The summed E-state index contributed by atoms with van der Waals surface area (Å²) in [7, 11) is 1.79. The Morgan fingerprint density at radius 2 is 2.25 bits per heavy atom. The highest BCUT2D eigenvalue weighted by Crippen LogP contribution is 2.28. The number of halogens is 1. The molecule has 6 nitrogen and oxygen atoms in total. The molecule has 0 bridgehead atoms. The molecule has 1 aliphatic heterocycles. The van der Waals surface area contributed by atoms with E-state index in [9.17, 15) is 0 Å². The van der Waals surface area contributed by atoms with Crippen LogP contribution in [0.2, 0.25) is 5.15 Å². The molecule has 1 aromatic carbocycles. The van der Waals surface area contributed by atoms with Crippen molar-refractivity contribution in [1.29, 1.82) is 0 Å². The Labute approximate surface area is 146 Å². The van der Waals surface area contributed by atoms with E-state index in [-0.39, 0.29) is 6.10 Å². The lowest BCUT2D eigenvalue weighted by atomic mass is 10.1. The molecule has 2 N–H and O–H groups in total. The molecule has 1 aromatic heterocycles. The Morgan fingerprint density at radius 3 is 3.00 bits per heavy atom. The first-order valence-electron chi connectivity index (χ1n) is 7.93. The van der Waals surface area contributed by atoms with E-state index in [1.54, 1.807) is 7.05 Å². The van der Waals surface area contributed by atoms with Gasteiger partial charge in [-0.1, -0.05) is 23.7 Å². The number of benzene rings is 1. The molecule has 0 radical (unpaired) electrons. The number of aryl methyl sites for hydroxylation is 1. The van der Waals surface area contributed by atoms with Crippen molar-refractivity contribution < 1.29 is 9.47 Å². The smallest absolute Gasteiger partial charge is 0.157 e. The van der Waals surface area contributed by atoms with Gasteiger partial charge in [-0.15, -0.1) is 0 Å². The van der Waals surface area contributed by atoms with Gasteiger partial charge in [0.25, 0.3) is 0 Å². The molecule has 1 fully saturated rings. The fraction of sp³-hybridized carbons (Fsp3) is 0.412. The van der Waals surface area contributed by atoms with E-state index in [2.05, 4.69) is 45.7 Å². The van der Waals surface area contributed by atoms with Gasteiger partial charge in [0, 0.05) is 25.6 Å². The van der Waals surface area contributed by atoms with Crippen molar-refractivity contribution in [2.75, 3.05) is 30.9 Å². The zero-order chi connectivity index (χ0) is 16.9. The monoisotopic (exact) mass is 348 g/mol. The predicted octanol–water partition coefficient (Wildman–Crippen LogP) is 3.26. The molecular formula is C17H21ClN4O2. The third-order valence-electron chi connectivity index (χ3n) is 3.90. The van der Waals surface area contributed by atoms with Crippen molar-refractivity contribution in [2.45, 2.75) is 26.0 Å². The van der Waals surface area contributed by atoms with Gasteiger partial charge in [-0.05, 0) is 18.6 Å². The van der Waals surface area contributed by atoms with Crippen LogP contribution in [0.1, 0.15) is 17.5 Å². The Bertz CT molecular complexity index is 705. The minimum atomic E-state index is 0.118. The Balaban J connectivity index is 1.76. The minimum Gasteiger partial charge on any atom is -0.488 e. The number of ether oxygens (including phenoxy) is 2. The highest BCUT2D eigenvalue weighted by molar-refractivity contribution is 6.32. The molecule has 7 heteroatoms. The van der Waals surface area contributed by atoms with E-state index in [0.717, 1.165) is 29.9 Å². The molecular weight excluding hydrogens is 328 g/mol.